The number of fused-ring (bicyclic) bond motifs is 6. The fourth-order valence-corrected chi connectivity index (χ4v) is 8.07. The topological polar surface area (TPSA) is 56.7 Å². The number of furan rings is 1. The van der Waals surface area contributed by atoms with Gasteiger partial charge in [0.15, 0.2) is 17.5 Å². The maximum Gasteiger partial charge on any atom is 0.164 e. The van der Waals surface area contributed by atoms with E-state index in [1.807, 2.05) is 72.8 Å². The molecule has 11 rings (SSSR count). The Balaban J connectivity index is 1.11. The quantitative estimate of drug-likeness (QED) is 0.172. The van der Waals surface area contributed by atoms with Crippen molar-refractivity contribution in [3.05, 3.63) is 194 Å². The maximum absolute atomic E-state index is 6.50. The molecular formula is C51H32N4O. The summed E-state index contributed by atoms with van der Waals surface area (Å²) in [5.41, 5.74) is 12.5. The van der Waals surface area contributed by atoms with E-state index in [1.165, 1.54) is 27.4 Å². The lowest BCUT2D eigenvalue weighted by molar-refractivity contribution is 0.669. The minimum atomic E-state index is 0.598. The number of hydrogen-bond donors (Lipinski definition) is 0. The van der Waals surface area contributed by atoms with E-state index < -0.39 is 0 Å². The van der Waals surface area contributed by atoms with Crippen LogP contribution in [-0.4, -0.2) is 19.5 Å². The summed E-state index contributed by atoms with van der Waals surface area (Å²) in [6.07, 6.45) is 0. The second kappa shape index (κ2) is 13.0. The molecule has 11 aromatic rings. The van der Waals surface area contributed by atoms with Crippen molar-refractivity contribution < 1.29 is 4.42 Å². The standard InChI is InChI=1S/C51H32N4O/c1-5-15-33(16-6-1)39-23-13-24-40-42-31-36(27-29-44(42)55(48(39)40)38-21-11-4-12-22-38)37-28-30-45-43(32-37)47-41(25-14-26-46(47)56-45)51-53-49(34-17-7-2-8-18-34)52-50(54-51)35-19-9-3-10-20-35/h1-32H. The van der Waals surface area contributed by atoms with E-state index >= 15 is 0 Å². The van der Waals surface area contributed by atoms with Gasteiger partial charge in [0, 0.05) is 49.5 Å². The molecule has 0 amide bonds. The van der Waals surface area contributed by atoms with Gasteiger partial charge < -0.3 is 8.98 Å². The van der Waals surface area contributed by atoms with E-state index in [1.54, 1.807) is 0 Å². The molecule has 0 aliphatic heterocycles. The predicted octanol–water partition coefficient (Wildman–Crippen LogP) is 13.2. The summed E-state index contributed by atoms with van der Waals surface area (Å²) >= 11 is 0. The van der Waals surface area contributed by atoms with Crippen LogP contribution in [0.3, 0.4) is 0 Å². The first-order chi connectivity index (χ1) is 27.8. The first-order valence-corrected chi connectivity index (χ1v) is 18.8. The van der Waals surface area contributed by atoms with Gasteiger partial charge in [0.1, 0.15) is 11.2 Å². The summed E-state index contributed by atoms with van der Waals surface area (Å²) < 4.78 is 8.90. The van der Waals surface area contributed by atoms with Crippen LogP contribution in [0.5, 0.6) is 0 Å². The van der Waals surface area contributed by atoms with E-state index in [4.69, 9.17) is 19.4 Å². The fourth-order valence-electron chi connectivity index (χ4n) is 8.07. The van der Waals surface area contributed by atoms with Gasteiger partial charge in [-0.2, -0.15) is 0 Å². The van der Waals surface area contributed by atoms with E-state index in [-0.39, 0.29) is 0 Å². The average molecular weight is 717 g/mol. The Labute approximate surface area is 322 Å². The highest BCUT2D eigenvalue weighted by Gasteiger charge is 2.20. The van der Waals surface area contributed by atoms with Gasteiger partial charge in [-0.15, -0.1) is 0 Å². The van der Waals surface area contributed by atoms with E-state index in [0.717, 1.165) is 61.0 Å². The van der Waals surface area contributed by atoms with Crippen LogP contribution >= 0.6 is 0 Å². The zero-order valence-corrected chi connectivity index (χ0v) is 30.2. The molecule has 56 heavy (non-hydrogen) atoms. The molecule has 0 saturated heterocycles. The summed E-state index contributed by atoms with van der Waals surface area (Å²) in [6, 6.07) is 67.5. The van der Waals surface area contributed by atoms with Crippen molar-refractivity contribution >= 4 is 43.7 Å². The molecule has 0 aliphatic rings. The van der Waals surface area contributed by atoms with Crippen LogP contribution in [0.15, 0.2) is 199 Å². The lowest BCUT2D eigenvalue weighted by Crippen LogP contribution is -2.00. The molecule has 0 aliphatic carbocycles. The number of benzene rings is 8. The van der Waals surface area contributed by atoms with Gasteiger partial charge in [0.25, 0.3) is 0 Å². The number of nitrogens with zero attached hydrogens (tertiary/aromatic N) is 4. The van der Waals surface area contributed by atoms with Gasteiger partial charge >= 0.3 is 0 Å². The molecule has 0 spiro atoms. The van der Waals surface area contributed by atoms with Crippen LogP contribution < -0.4 is 0 Å². The molecule has 0 saturated carbocycles. The zero-order chi connectivity index (χ0) is 37.0. The molecule has 262 valence electrons. The Hall–Kier alpha value is -7.63. The van der Waals surface area contributed by atoms with Gasteiger partial charge in [0.05, 0.1) is 11.0 Å². The lowest BCUT2D eigenvalue weighted by atomic mass is 9.98. The lowest BCUT2D eigenvalue weighted by Gasteiger charge is -2.11. The smallest absolute Gasteiger partial charge is 0.164 e. The van der Waals surface area contributed by atoms with E-state index in [9.17, 15) is 0 Å². The minimum Gasteiger partial charge on any atom is -0.456 e. The van der Waals surface area contributed by atoms with Crippen LogP contribution in [0.4, 0.5) is 0 Å². The van der Waals surface area contributed by atoms with Gasteiger partial charge in [-0.05, 0) is 59.2 Å². The molecule has 8 aromatic carbocycles. The van der Waals surface area contributed by atoms with Gasteiger partial charge in [0.2, 0.25) is 0 Å². The molecular weight excluding hydrogens is 685 g/mol. The Morgan fingerprint density at radius 2 is 0.911 bits per heavy atom. The highest BCUT2D eigenvalue weighted by molar-refractivity contribution is 6.16. The van der Waals surface area contributed by atoms with Crippen molar-refractivity contribution in [2.75, 3.05) is 0 Å². The first-order valence-electron chi connectivity index (χ1n) is 18.8. The van der Waals surface area contributed by atoms with Crippen LogP contribution in [-0.2, 0) is 0 Å². The molecule has 0 radical (unpaired) electrons. The summed E-state index contributed by atoms with van der Waals surface area (Å²) in [5.74, 6) is 1.84. The van der Waals surface area contributed by atoms with Gasteiger partial charge in [-0.1, -0.05) is 152 Å². The third-order valence-corrected chi connectivity index (χ3v) is 10.7. The average Bonchev–Trinajstić information content (AvgIpc) is 3.83. The first kappa shape index (κ1) is 31.9. The van der Waals surface area contributed by atoms with Crippen molar-refractivity contribution in [1.29, 1.82) is 0 Å². The molecule has 0 unspecified atom stereocenters. The van der Waals surface area contributed by atoms with Gasteiger partial charge in [-0.25, -0.2) is 15.0 Å². The van der Waals surface area contributed by atoms with Crippen LogP contribution in [0.1, 0.15) is 0 Å². The van der Waals surface area contributed by atoms with E-state index in [0.29, 0.717) is 17.5 Å². The van der Waals surface area contributed by atoms with Crippen LogP contribution in [0.25, 0.3) is 106 Å². The molecule has 0 fully saturated rings. The molecule has 5 heteroatoms. The monoisotopic (exact) mass is 716 g/mol. The van der Waals surface area contributed by atoms with Crippen LogP contribution in [0.2, 0.25) is 0 Å². The largest absolute Gasteiger partial charge is 0.456 e. The number of aromatic nitrogens is 4. The maximum atomic E-state index is 6.50. The number of hydrogen-bond acceptors (Lipinski definition) is 4. The number of para-hydroxylation sites is 2. The third-order valence-electron chi connectivity index (χ3n) is 10.7. The Kier molecular flexibility index (Phi) is 7.42. The zero-order valence-electron chi connectivity index (χ0n) is 30.2. The second-order valence-corrected chi connectivity index (χ2v) is 14.0. The SMILES string of the molecule is c1ccc(-c2nc(-c3ccccc3)nc(-c3cccc4oc5ccc(-c6ccc7c(c6)c6cccc(-c8ccccc8)c6n7-c6ccccc6)cc5c34)n2)cc1. The molecule has 3 heterocycles. The summed E-state index contributed by atoms with van der Waals surface area (Å²) in [6.45, 7) is 0. The molecule has 5 nitrogen and oxygen atoms in total. The highest BCUT2D eigenvalue weighted by Crippen LogP contribution is 2.42. The summed E-state index contributed by atoms with van der Waals surface area (Å²) in [7, 11) is 0. The molecule has 0 atom stereocenters. The normalized spacial score (nSPS) is 11.6. The summed E-state index contributed by atoms with van der Waals surface area (Å²) in [5, 5.41) is 4.39. The van der Waals surface area contributed by atoms with Crippen molar-refractivity contribution in [2.45, 2.75) is 0 Å². The molecule has 0 bridgehead atoms. The van der Waals surface area contributed by atoms with Crippen LogP contribution in [0, 0.1) is 0 Å². The van der Waals surface area contributed by atoms with Crippen molar-refractivity contribution in [1.82, 2.24) is 19.5 Å². The van der Waals surface area contributed by atoms with Crippen molar-refractivity contribution in [3.63, 3.8) is 0 Å². The number of rotatable bonds is 6. The molecule has 0 N–H and O–H groups in total. The predicted molar refractivity (Wildman–Crippen MR) is 229 cm³/mol. The Morgan fingerprint density at radius 3 is 1.59 bits per heavy atom. The molecule has 3 aromatic heterocycles. The minimum absolute atomic E-state index is 0.598. The second-order valence-electron chi connectivity index (χ2n) is 14.0. The van der Waals surface area contributed by atoms with Crippen molar-refractivity contribution in [3.8, 4) is 62.1 Å². The Bertz CT molecular complexity index is 3170. The fraction of sp³-hybridized carbons (Fsp3) is 0. The van der Waals surface area contributed by atoms with Gasteiger partial charge in [-0.3, -0.25) is 0 Å². The third kappa shape index (κ3) is 5.29. The summed E-state index contributed by atoms with van der Waals surface area (Å²) in [4.78, 5) is 15.1. The highest BCUT2D eigenvalue weighted by atomic mass is 16.3. The van der Waals surface area contributed by atoms with Crippen molar-refractivity contribution in [2.24, 2.45) is 0 Å². The van der Waals surface area contributed by atoms with E-state index in [2.05, 4.69) is 126 Å². The Morgan fingerprint density at radius 1 is 0.357 bits per heavy atom.